The number of carbonyl (C=O) groups is 1. The molecule has 1 heterocycles. The monoisotopic (exact) mass is 385 g/mol. The van der Waals surface area contributed by atoms with E-state index in [2.05, 4.69) is 10.0 Å². The second-order valence-electron chi connectivity index (χ2n) is 6.65. The van der Waals surface area contributed by atoms with Crippen LogP contribution >= 0.6 is 0 Å². The van der Waals surface area contributed by atoms with Crippen LogP contribution in [0.1, 0.15) is 31.9 Å². The molecule has 1 aliphatic rings. The highest BCUT2D eigenvalue weighted by Gasteiger charge is 2.38. The minimum atomic E-state index is -4.00. The zero-order chi connectivity index (χ0) is 19.8. The van der Waals surface area contributed by atoms with Gasteiger partial charge in [0.2, 0.25) is 5.91 Å². The Hall–Kier alpha value is -3.05. The van der Waals surface area contributed by atoms with Crippen LogP contribution < -0.4 is 14.8 Å². The van der Waals surface area contributed by atoms with Gasteiger partial charge in [-0.3, -0.25) is 9.52 Å². The third-order valence-electron chi connectivity index (χ3n) is 4.42. The normalized spacial score (nSPS) is 14.8. The van der Waals surface area contributed by atoms with Gasteiger partial charge in [0.15, 0.2) is 0 Å². The summed E-state index contributed by atoms with van der Waals surface area (Å²) in [6, 6.07) is 11.0. The number of anilines is 2. The van der Waals surface area contributed by atoms with Crippen molar-refractivity contribution in [3.63, 3.8) is 0 Å². The number of ether oxygens (including phenoxy) is 1. The summed E-state index contributed by atoms with van der Waals surface area (Å²) in [7, 11) is -4.00. The third kappa shape index (κ3) is 3.34. The van der Waals surface area contributed by atoms with Crippen LogP contribution in [-0.2, 0) is 20.2 Å². The SMILES string of the molecule is CCOc1ccc(C#N)cc1S(=O)(=O)Nc1ccc2c(c1)C(C)(C)C(=O)N2. The molecule has 2 aromatic rings. The van der Waals surface area contributed by atoms with Crippen molar-refractivity contribution in [2.75, 3.05) is 16.6 Å². The van der Waals surface area contributed by atoms with Crippen LogP contribution in [-0.4, -0.2) is 20.9 Å². The molecule has 1 aliphatic heterocycles. The van der Waals surface area contributed by atoms with E-state index in [4.69, 9.17) is 10.00 Å². The second-order valence-corrected chi connectivity index (χ2v) is 8.30. The molecule has 0 saturated carbocycles. The first-order valence-electron chi connectivity index (χ1n) is 8.35. The summed E-state index contributed by atoms with van der Waals surface area (Å²) in [6.45, 7) is 5.58. The molecule has 0 fully saturated rings. The smallest absolute Gasteiger partial charge is 0.265 e. The molecule has 0 aliphatic carbocycles. The number of hydrogen-bond donors (Lipinski definition) is 2. The second kappa shape index (κ2) is 6.59. The zero-order valence-corrected chi connectivity index (χ0v) is 16.0. The first-order chi connectivity index (χ1) is 12.7. The topological polar surface area (TPSA) is 108 Å². The summed E-state index contributed by atoms with van der Waals surface area (Å²) in [6.07, 6.45) is 0. The van der Waals surface area contributed by atoms with Gasteiger partial charge in [-0.2, -0.15) is 5.26 Å². The summed E-state index contributed by atoms with van der Waals surface area (Å²) in [4.78, 5) is 11.9. The highest BCUT2D eigenvalue weighted by molar-refractivity contribution is 7.92. The van der Waals surface area contributed by atoms with Crippen LogP contribution in [0.2, 0.25) is 0 Å². The molecule has 0 aromatic heterocycles. The van der Waals surface area contributed by atoms with E-state index < -0.39 is 15.4 Å². The van der Waals surface area contributed by atoms with Crippen molar-refractivity contribution in [1.29, 1.82) is 5.26 Å². The van der Waals surface area contributed by atoms with Crippen LogP contribution in [0.3, 0.4) is 0 Å². The molecule has 0 unspecified atom stereocenters. The minimum Gasteiger partial charge on any atom is -0.492 e. The quantitative estimate of drug-likeness (QED) is 0.822. The van der Waals surface area contributed by atoms with Crippen LogP contribution in [0.5, 0.6) is 5.75 Å². The number of amides is 1. The Morgan fingerprint density at radius 1 is 1.22 bits per heavy atom. The van der Waals surface area contributed by atoms with E-state index in [1.807, 2.05) is 6.07 Å². The number of fused-ring (bicyclic) bond motifs is 1. The average Bonchev–Trinajstić information content (AvgIpc) is 2.84. The van der Waals surface area contributed by atoms with Crippen molar-refractivity contribution in [1.82, 2.24) is 0 Å². The fraction of sp³-hybridized carbons (Fsp3) is 0.263. The molecule has 140 valence electrons. The molecule has 1 amide bonds. The first kappa shape index (κ1) is 18.7. The van der Waals surface area contributed by atoms with Crippen LogP contribution in [0, 0.1) is 11.3 Å². The average molecular weight is 385 g/mol. The van der Waals surface area contributed by atoms with Crippen molar-refractivity contribution >= 4 is 27.3 Å². The number of nitriles is 1. The van der Waals surface area contributed by atoms with E-state index in [9.17, 15) is 13.2 Å². The molecular weight excluding hydrogens is 366 g/mol. The van der Waals surface area contributed by atoms with Gasteiger partial charge in [0.05, 0.1) is 23.7 Å². The number of hydrogen-bond acceptors (Lipinski definition) is 5. The predicted octanol–water partition coefficient (Wildman–Crippen LogP) is 2.99. The number of carbonyl (C=O) groups excluding carboxylic acids is 1. The molecule has 0 spiro atoms. The Morgan fingerprint density at radius 2 is 1.96 bits per heavy atom. The van der Waals surface area contributed by atoms with Crippen LogP contribution in [0.4, 0.5) is 11.4 Å². The number of rotatable bonds is 5. The molecule has 2 N–H and O–H groups in total. The van der Waals surface area contributed by atoms with Gasteiger partial charge < -0.3 is 10.1 Å². The van der Waals surface area contributed by atoms with Crippen LogP contribution in [0.15, 0.2) is 41.3 Å². The van der Waals surface area contributed by atoms with Gasteiger partial charge in [-0.25, -0.2) is 8.42 Å². The van der Waals surface area contributed by atoms with Gasteiger partial charge in [-0.05, 0) is 62.7 Å². The van der Waals surface area contributed by atoms with Gasteiger partial charge in [0.25, 0.3) is 10.0 Å². The lowest BCUT2D eigenvalue weighted by Gasteiger charge is -2.17. The maximum absolute atomic E-state index is 12.9. The molecule has 2 aromatic carbocycles. The van der Waals surface area contributed by atoms with Gasteiger partial charge in [0.1, 0.15) is 10.6 Å². The molecule has 3 rings (SSSR count). The molecule has 8 heteroatoms. The summed E-state index contributed by atoms with van der Waals surface area (Å²) in [5.74, 6) is 0.0280. The van der Waals surface area contributed by atoms with Crippen molar-refractivity contribution in [3.8, 4) is 11.8 Å². The maximum Gasteiger partial charge on any atom is 0.265 e. The molecule has 7 nitrogen and oxygen atoms in total. The van der Waals surface area contributed by atoms with E-state index in [0.717, 1.165) is 0 Å². The highest BCUT2D eigenvalue weighted by atomic mass is 32.2. The Balaban J connectivity index is 2.01. The van der Waals surface area contributed by atoms with Gasteiger partial charge >= 0.3 is 0 Å². The number of sulfonamides is 1. The predicted molar refractivity (Wildman–Crippen MR) is 101 cm³/mol. The summed E-state index contributed by atoms with van der Waals surface area (Å²) in [5, 5.41) is 11.9. The molecular formula is C19H19N3O4S. The lowest BCUT2D eigenvalue weighted by Crippen LogP contribution is -2.27. The van der Waals surface area contributed by atoms with Gasteiger partial charge in [0, 0.05) is 11.4 Å². The van der Waals surface area contributed by atoms with E-state index in [-0.39, 0.29) is 28.7 Å². The Kier molecular flexibility index (Phi) is 4.57. The Labute approximate surface area is 158 Å². The van der Waals surface area contributed by atoms with E-state index in [0.29, 0.717) is 16.9 Å². The number of nitrogens with one attached hydrogen (secondary N) is 2. The zero-order valence-electron chi connectivity index (χ0n) is 15.2. The number of nitrogens with zero attached hydrogens (tertiary/aromatic N) is 1. The Morgan fingerprint density at radius 3 is 2.63 bits per heavy atom. The Bertz CT molecular complexity index is 1070. The maximum atomic E-state index is 12.9. The third-order valence-corrected chi connectivity index (χ3v) is 5.83. The summed E-state index contributed by atoms with van der Waals surface area (Å²) in [5.41, 5.74) is 1.15. The van der Waals surface area contributed by atoms with E-state index in [1.165, 1.54) is 18.2 Å². The fourth-order valence-electron chi connectivity index (χ4n) is 2.91. The highest BCUT2D eigenvalue weighted by Crippen LogP contribution is 2.39. The summed E-state index contributed by atoms with van der Waals surface area (Å²) < 4.78 is 33.7. The lowest BCUT2D eigenvalue weighted by atomic mass is 9.86. The van der Waals surface area contributed by atoms with Gasteiger partial charge in [-0.1, -0.05) is 0 Å². The fourth-order valence-corrected chi connectivity index (χ4v) is 4.13. The largest absolute Gasteiger partial charge is 0.492 e. The van der Waals surface area contributed by atoms with Crippen molar-refractivity contribution in [2.24, 2.45) is 0 Å². The molecule has 0 radical (unpaired) electrons. The van der Waals surface area contributed by atoms with E-state index in [1.54, 1.807) is 39.0 Å². The first-order valence-corrected chi connectivity index (χ1v) is 9.83. The van der Waals surface area contributed by atoms with Crippen molar-refractivity contribution < 1.29 is 17.9 Å². The van der Waals surface area contributed by atoms with Crippen molar-refractivity contribution in [2.45, 2.75) is 31.1 Å². The van der Waals surface area contributed by atoms with Crippen LogP contribution in [0.25, 0.3) is 0 Å². The molecule has 0 atom stereocenters. The minimum absolute atomic E-state index is 0.114. The van der Waals surface area contributed by atoms with Gasteiger partial charge in [-0.15, -0.1) is 0 Å². The molecule has 27 heavy (non-hydrogen) atoms. The standard InChI is InChI=1S/C19H19N3O4S/c1-4-26-16-8-5-12(11-20)9-17(16)27(24,25)22-13-6-7-15-14(10-13)19(2,3)18(23)21-15/h5-10,22H,4H2,1-3H3,(H,21,23). The molecule has 0 saturated heterocycles. The molecule has 0 bridgehead atoms. The lowest BCUT2D eigenvalue weighted by molar-refractivity contribution is -0.119. The number of benzene rings is 2. The van der Waals surface area contributed by atoms with Crippen molar-refractivity contribution in [3.05, 3.63) is 47.5 Å². The van der Waals surface area contributed by atoms with E-state index >= 15 is 0 Å². The summed E-state index contributed by atoms with van der Waals surface area (Å²) >= 11 is 0.